The molecule has 0 spiro atoms. The smallest absolute Gasteiger partial charge is 0.251 e. The second kappa shape index (κ2) is 11.4. The number of hydrogen-bond acceptors (Lipinski definition) is 4. The standard InChI is InChI=1S/C24H28N2O2S/c1-2-3-4-8-15-28-22-13-11-20(12-14-22)24(27)25-17-21-18-29-23(26-21)16-19-9-6-5-7-10-19/h5-7,9-14,18H,2-4,8,15-17H2,1H3,(H,25,27). The molecule has 0 saturated heterocycles. The highest BCUT2D eigenvalue weighted by Crippen LogP contribution is 2.16. The summed E-state index contributed by atoms with van der Waals surface area (Å²) >= 11 is 1.63. The third kappa shape index (κ3) is 7.02. The topological polar surface area (TPSA) is 51.2 Å². The highest BCUT2D eigenvalue weighted by molar-refractivity contribution is 7.09. The van der Waals surface area contributed by atoms with Crippen LogP contribution in [0.1, 0.15) is 59.2 Å². The molecule has 1 N–H and O–H groups in total. The maximum Gasteiger partial charge on any atom is 0.251 e. The number of hydrogen-bond donors (Lipinski definition) is 1. The van der Waals surface area contributed by atoms with E-state index in [2.05, 4.69) is 29.4 Å². The van der Waals surface area contributed by atoms with Crippen molar-refractivity contribution < 1.29 is 9.53 Å². The van der Waals surface area contributed by atoms with Crippen molar-refractivity contribution in [2.75, 3.05) is 6.61 Å². The van der Waals surface area contributed by atoms with Crippen molar-refractivity contribution in [1.82, 2.24) is 10.3 Å². The molecule has 3 rings (SSSR count). The molecule has 1 amide bonds. The van der Waals surface area contributed by atoms with Gasteiger partial charge in [0.25, 0.3) is 5.91 Å². The minimum Gasteiger partial charge on any atom is -0.494 e. The molecule has 0 bridgehead atoms. The average molecular weight is 409 g/mol. The molecule has 152 valence electrons. The van der Waals surface area contributed by atoms with E-state index < -0.39 is 0 Å². The first-order chi connectivity index (χ1) is 14.2. The Bertz CT molecular complexity index is 875. The predicted molar refractivity (Wildman–Crippen MR) is 119 cm³/mol. The summed E-state index contributed by atoms with van der Waals surface area (Å²) in [5.41, 5.74) is 2.76. The number of carbonyl (C=O) groups is 1. The summed E-state index contributed by atoms with van der Waals surface area (Å²) < 4.78 is 5.73. The number of aromatic nitrogens is 1. The molecule has 0 aliphatic rings. The van der Waals surface area contributed by atoms with Crippen LogP contribution in [0, 0.1) is 0 Å². The van der Waals surface area contributed by atoms with Gasteiger partial charge in [-0.2, -0.15) is 0 Å². The summed E-state index contributed by atoms with van der Waals surface area (Å²) in [7, 11) is 0. The second-order valence-corrected chi connectivity index (χ2v) is 7.95. The molecule has 4 nitrogen and oxygen atoms in total. The molecule has 0 aliphatic carbocycles. The molecule has 1 heterocycles. The first-order valence-corrected chi connectivity index (χ1v) is 11.1. The van der Waals surface area contributed by atoms with Crippen molar-refractivity contribution in [2.45, 2.75) is 45.6 Å². The van der Waals surface area contributed by atoms with Gasteiger partial charge in [-0.25, -0.2) is 4.98 Å². The van der Waals surface area contributed by atoms with Crippen LogP contribution in [0.15, 0.2) is 60.0 Å². The van der Waals surface area contributed by atoms with Gasteiger partial charge in [0.1, 0.15) is 5.75 Å². The van der Waals surface area contributed by atoms with Crippen molar-refractivity contribution in [2.24, 2.45) is 0 Å². The van der Waals surface area contributed by atoms with Crippen LogP contribution in [0.25, 0.3) is 0 Å². The van der Waals surface area contributed by atoms with Crippen molar-refractivity contribution in [3.8, 4) is 5.75 Å². The van der Waals surface area contributed by atoms with E-state index in [0.29, 0.717) is 12.1 Å². The zero-order valence-electron chi connectivity index (χ0n) is 16.9. The molecule has 3 aromatic rings. The van der Waals surface area contributed by atoms with Crippen LogP contribution in [-0.4, -0.2) is 17.5 Å². The normalized spacial score (nSPS) is 10.7. The Hall–Kier alpha value is -2.66. The minimum atomic E-state index is -0.0999. The maximum absolute atomic E-state index is 12.4. The van der Waals surface area contributed by atoms with Gasteiger partial charge in [-0.1, -0.05) is 56.5 Å². The molecule has 0 radical (unpaired) electrons. The Labute approximate surface area is 177 Å². The SMILES string of the molecule is CCCCCCOc1ccc(C(=O)NCc2csc(Cc3ccccc3)n2)cc1. The molecule has 2 aromatic carbocycles. The van der Waals surface area contributed by atoms with Crippen LogP contribution in [0.5, 0.6) is 5.75 Å². The van der Waals surface area contributed by atoms with Gasteiger partial charge >= 0.3 is 0 Å². The lowest BCUT2D eigenvalue weighted by molar-refractivity contribution is 0.0950. The number of amides is 1. The van der Waals surface area contributed by atoms with E-state index in [-0.39, 0.29) is 5.91 Å². The fourth-order valence-corrected chi connectivity index (χ4v) is 3.80. The minimum absolute atomic E-state index is 0.0999. The van der Waals surface area contributed by atoms with Gasteiger partial charge in [0.15, 0.2) is 0 Å². The zero-order chi connectivity index (χ0) is 20.3. The van der Waals surface area contributed by atoms with E-state index in [9.17, 15) is 4.79 Å². The number of rotatable bonds is 11. The van der Waals surface area contributed by atoms with Crippen LogP contribution in [-0.2, 0) is 13.0 Å². The summed E-state index contributed by atoms with van der Waals surface area (Å²) in [5.74, 6) is 0.709. The number of unbranched alkanes of at least 4 members (excludes halogenated alkanes) is 3. The number of nitrogens with one attached hydrogen (secondary N) is 1. The largest absolute Gasteiger partial charge is 0.494 e. The van der Waals surface area contributed by atoms with Crippen molar-refractivity contribution in [3.05, 3.63) is 81.8 Å². The molecule has 1 aromatic heterocycles. The highest BCUT2D eigenvalue weighted by atomic mass is 32.1. The van der Waals surface area contributed by atoms with Crippen LogP contribution >= 0.6 is 11.3 Å². The van der Waals surface area contributed by atoms with E-state index in [4.69, 9.17) is 4.74 Å². The molecular weight excluding hydrogens is 380 g/mol. The van der Waals surface area contributed by atoms with Gasteiger partial charge in [-0.05, 0) is 36.2 Å². The van der Waals surface area contributed by atoms with Gasteiger partial charge in [0, 0.05) is 17.4 Å². The third-order valence-corrected chi connectivity index (χ3v) is 5.51. The number of thiazole rings is 1. The second-order valence-electron chi connectivity index (χ2n) is 7.01. The molecule has 29 heavy (non-hydrogen) atoms. The van der Waals surface area contributed by atoms with E-state index in [1.807, 2.05) is 35.7 Å². The first-order valence-electron chi connectivity index (χ1n) is 10.2. The predicted octanol–water partition coefficient (Wildman–Crippen LogP) is 5.62. The van der Waals surface area contributed by atoms with Crippen LogP contribution in [0.2, 0.25) is 0 Å². The summed E-state index contributed by atoms with van der Waals surface area (Å²) in [6, 6.07) is 17.6. The van der Waals surface area contributed by atoms with Crippen LogP contribution in [0.3, 0.4) is 0 Å². The number of ether oxygens (including phenoxy) is 1. The maximum atomic E-state index is 12.4. The monoisotopic (exact) mass is 408 g/mol. The summed E-state index contributed by atoms with van der Waals surface area (Å²) in [6.45, 7) is 3.35. The zero-order valence-corrected chi connectivity index (χ0v) is 17.7. The van der Waals surface area contributed by atoms with Crippen molar-refractivity contribution in [1.29, 1.82) is 0 Å². The lowest BCUT2D eigenvalue weighted by atomic mass is 10.2. The Balaban J connectivity index is 1.43. The van der Waals surface area contributed by atoms with Gasteiger partial charge in [0.05, 0.1) is 23.9 Å². The Morgan fingerprint density at radius 1 is 1.03 bits per heavy atom. The van der Waals surface area contributed by atoms with Crippen molar-refractivity contribution >= 4 is 17.2 Å². The molecule has 0 unspecified atom stereocenters. The van der Waals surface area contributed by atoms with Gasteiger partial charge in [0.2, 0.25) is 0 Å². The molecule has 0 aliphatic heterocycles. The average Bonchev–Trinajstić information content (AvgIpc) is 3.20. The summed E-state index contributed by atoms with van der Waals surface area (Å²) in [4.78, 5) is 17.0. The Morgan fingerprint density at radius 2 is 1.83 bits per heavy atom. The highest BCUT2D eigenvalue weighted by Gasteiger charge is 2.08. The molecule has 0 atom stereocenters. The van der Waals surface area contributed by atoms with E-state index in [1.54, 1.807) is 23.5 Å². The summed E-state index contributed by atoms with van der Waals surface area (Å²) in [5, 5.41) is 6.01. The molecule has 0 saturated carbocycles. The fourth-order valence-electron chi connectivity index (χ4n) is 2.98. The van der Waals surface area contributed by atoms with Gasteiger partial charge in [-0.15, -0.1) is 11.3 Å². The number of carbonyl (C=O) groups excluding carboxylic acids is 1. The Morgan fingerprint density at radius 3 is 2.59 bits per heavy atom. The van der Waals surface area contributed by atoms with Gasteiger partial charge < -0.3 is 10.1 Å². The molecule has 5 heteroatoms. The lowest BCUT2D eigenvalue weighted by Crippen LogP contribution is -2.22. The van der Waals surface area contributed by atoms with Crippen LogP contribution in [0.4, 0.5) is 0 Å². The first kappa shape index (κ1) is 21.1. The lowest BCUT2D eigenvalue weighted by Gasteiger charge is -2.07. The molecular formula is C24H28N2O2S. The van der Waals surface area contributed by atoms with Crippen molar-refractivity contribution in [3.63, 3.8) is 0 Å². The van der Waals surface area contributed by atoms with Gasteiger partial charge in [-0.3, -0.25) is 4.79 Å². The summed E-state index contributed by atoms with van der Waals surface area (Å²) in [6.07, 6.45) is 5.55. The quantitative estimate of drug-likeness (QED) is 0.419. The third-order valence-electron chi connectivity index (χ3n) is 4.61. The number of nitrogens with zero attached hydrogens (tertiary/aromatic N) is 1. The fraction of sp³-hybridized carbons (Fsp3) is 0.333. The van der Waals surface area contributed by atoms with E-state index in [1.165, 1.54) is 24.8 Å². The number of benzene rings is 2. The van der Waals surface area contributed by atoms with E-state index >= 15 is 0 Å². The Kier molecular flexibility index (Phi) is 8.25. The van der Waals surface area contributed by atoms with E-state index in [0.717, 1.165) is 35.9 Å². The van der Waals surface area contributed by atoms with Crippen LogP contribution < -0.4 is 10.1 Å². The molecule has 0 fully saturated rings.